The maximum Gasteiger partial charge on any atom is 0.313 e. The smallest absolute Gasteiger partial charge is 0.313 e. The van der Waals surface area contributed by atoms with Gasteiger partial charge >= 0.3 is 11.8 Å². The van der Waals surface area contributed by atoms with E-state index in [4.69, 9.17) is 0 Å². The summed E-state index contributed by atoms with van der Waals surface area (Å²) in [6.07, 6.45) is 4.76. The molecule has 1 aliphatic rings. The van der Waals surface area contributed by atoms with Crippen molar-refractivity contribution in [3.63, 3.8) is 0 Å². The van der Waals surface area contributed by atoms with E-state index in [0.29, 0.717) is 12.1 Å². The topological polar surface area (TPSA) is 61.4 Å². The minimum Gasteiger partial charge on any atom is -0.346 e. The Balaban J connectivity index is 1.60. The van der Waals surface area contributed by atoms with Crippen LogP contribution in [0.25, 0.3) is 0 Å². The maximum atomic E-state index is 13.6. The lowest BCUT2D eigenvalue weighted by atomic mass is 10.1. The standard InChI is InChI=1S/C21H26FN3O2S/c1-15-6-7-17(12-18(15)22)24-21(27)20(26)23-13-19(16-8-11-28-14-16)25-9-4-2-3-5-10-25/h6-8,11-12,14,19H,2-5,9-10,13H2,1H3,(H,23,26)(H,24,27). The van der Waals surface area contributed by atoms with Crippen molar-refractivity contribution in [1.29, 1.82) is 0 Å². The highest BCUT2D eigenvalue weighted by atomic mass is 32.1. The number of anilines is 1. The molecule has 2 heterocycles. The van der Waals surface area contributed by atoms with Gasteiger partial charge in [0.15, 0.2) is 0 Å². The molecular weight excluding hydrogens is 377 g/mol. The molecule has 7 heteroatoms. The second-order valence-corrected chi connectivity index (χ2v) is 7.93. The number of rotatable bonds is 5. The number of nitrogens with zero attached hydrogens (tertiary/aromatic N) is 1. The highest BCUT2D eigenvalue weighted by Crippen LogP contribution is 2.25. The second-order valence-electron chi connectivity index (χ2n) is 7.15. The zero-order chi connectivity index (χ0) is 19.9. The van der Waals surface area contributed by atoms with Gasteiger partial charge in [-0.1, -0.05) is 18.9 Å². The number of nitrogens with one attached hydrogen (secondary N) is 2. The van der Waals surface area contributed by atoms with Crippen molar-refractivity contribution in [2.24, 2.45) is 0 Å². The average Bonchev–Trinajstić information content (AvgIpc) is 3.07. The van der Waals surface area contributed by atoms with Crippen LogP contribution in [-0.4, -0.2) is 36.3 Å². The number of hydrogen-bond donors (Lipinski definition) is 2. The number of carbonyl (C=O) groups is 2. The van der Waals surface area contributed by atoms with Crippen LogP contribution in [0.5, 0.6) is 0 Å². The quantitative estimate of drug-likeness (QED) is 0.745. The summed E-state index contributed by atoms with van der Waals surface area (Å²) in [5, 5.41) is 9.33. The van der Waals surface area contributed by atoms with Gasteiger partial charge in [-0.3, -0.25) is 14.5 Å². The molecule has 5 nitrogen and oxygen atoms in total. The lowest BCUT2D eigenvalue weighted by Crippen LogP contribution is -2.42. The first-order valence-electron chi connectivity index (χ1n) is 9.66. The summed E-state index contributed by atoms with van der Waals surface area (Å²) >= 11 is 1.63. The lowest BCUT2D eigenvalue weighted by molar-refractivity contribution is -0.136. The van der Waals surface area contributed by atoms with Crippen LogP contribution in [0, 0.1) is 12.7 Å². The Labute approximate surface area is 168 Å². The SMILES string of the molecule is Cc1ccc(NC(=O)C(=O)NCC(c2ccsc2)N2CCCCCC2)cc1F. The van der Waals surface area contributed by atoms with E-state index < -0.39 is 17.6 Å². The fourth-order valence-corrected chi connectivity index (χ4v) is 4.16. The van der Waals surface area contributed by atoms with Gasteiger partial charge in [0.05, 0.1) is 6.04 Å². The van der Waals surface area contributed by atoms with E-state index >= 15 is 0 Å². The molecule has 1 aromatic carbocycles. The fraction of sp³-hybridized carbons (Fsp3) is 0.429. The van der Waals surface area contributed by atoms with Crippen molar-refractivity contribution < 1.29 is 14.0 Å². The lowest BCUT2D eigenvalue weighted by Gasteiger charge is -2.30. The van der Waals surface area contributed by atoms with Crippen LogP contribution in [0.3, 0.4) is 0 Å². The molecule has 1 unspecified atom stereocenters. The van der Waals surface area contributed by atoms with Crippen molar-refractivity contribution in [3.8, 4) is 0 Å². The molecule has 28 heavy (non-hydrogen) atoms. The maximum absolute atomic E-state index is 13.6. The summed E-state index contributed by atoms with van der Waals surface area (Å²) in [4.78, 5) is 26.9. The fourth-order valence-electron chi connectivity index (χ4n) is 3.46. The molecule has 0 saturated carbocycles. The van der Waals surface area contributed by atoms with E-state index in [1.54, 1.807) is 30.4 Å². The molecule has 1 aromatic heterocycles. The van der Waals surface area contributed by atoms with Crippen molar-refractivity contribution in [3.05, 3.63) is 52.0 Å². The summed E-state index contributed by atoms with van der Waals surface area (Å²) in [5.74, 6) is -1.92. The number of carbonyl (C=O) groups excluding carboxylic acids is 2. The van der Waals surface area contributed by atoms with E-state index in [9.17, 15) is 14.0 Å². The minimum atomic E-state index is -0.789. The summed E-state index contributed by atoms with van der Waals surface area (Å²) in [5.41, 5.74) is 1.91. The number of halogens is 1. The van der Waals surface area contributed by atoms with Crippen LogP contribution < -0.4 is 10.6 Å². The van der Waals surface area contributed by atoms with Crippen LogP contribution in [0.15, 0.2) is 35.0 Å². The Hall–Kier alpha value is -2.25. The van der Waals surface area contributed by atoms with Crippen molar-refractivity contribution in [1.82, 2.24) is 10.2 Å². The van der Waals surface area contributed by atoms with E-state index in [1.807, 2.05) is 5.38 Å². The van der Waals surface area contributed by atoms with Gasteiger partial charge in [-0.2, -0.15) is 11.3 Å². The first-order chi connectivity index (χ1) is 13.5. The molecule has 3 rings (SSSR count). The van der Waals surface area contributed by atoms with Gasteiger partial charge in [0.25, 0.3) is 0 Å². The molecule has 2 amide bonds. The predicted molar refractivity (Wildman–Crippen MR) is 110 cm³/mol. The third-order valence-corrected chi connectivity index (χ3v) is 5.80. The molecule has 1 fully saturated rings. The minimum absolute atomic E-state index is 0.0536. The molecule has 0 aliphatic carbocycles. The number of benzene rings is 1. The molecule has 2 aromatic rings. The van der Waals surface area contributed by atoms with Crippen molar-refractivity contribution in [2.45, 2.75) is 38.6 Å². The van der Waals surface area contributed by atoms with Gasteiger partial charge in [0, 0.05) is 12.2 Å². The third-order valence-electron chi connectivity index (χ3n) is 5.10. The largest absolute Gasteiger partial charge is 0.346 e. The number of aryl methyl sites for hydroxylation is 1. The van der Waals surface area contributed by atoms with Gasteiger partial charge in [0.2, 0.25) is 0 Å². The predicted octanol–water partition coefficient (Wildman–Crippen LogP) is 3.87. The second kappa shape index (κ2) is 9.80. The third kappa shape index (κ3) is 5.39. The van der Waals surface area contributed by atoms with Crippen LogP contribution in [0.2, 0.25) is 0 Å². The molecule has 2 N–H and O–H groups in total. The normalized spacial score (nSPS) is 16.2. The first kappa shape index (κ1) is 20.5. The highest BCUT2D eigenvalue weighted by molar-refractivity contribution is 7.08. The Bertz CT molecular complexity index is 802. The average molecular weight is 404 g/mol. The Morgan fingerprint density at radius 3 is 2.54 bits per heavy atom. The Morgan fingerprint density at radius 2 is 1.89 bits per heavy atom. The van der Waals surface area contributed by atoms with Gasteiger partial charge in [-0.15, -0.1) is 0 Å². The zero-order valence-electron chi connectivity index (χ0n) is 16.0. The van der Waals surface area contributed by atoms with Gasteiger partial charge in [-0.25, -0.2) is 4.39 Å². The van der Waals surface area contributed by atoms with E-state index in [0.717, 1.165) is 31.5 Å². The van der Waals surface area contributed by atoms with Crippen molar-refractivity contribution in [2.75, 3.05) is 25.0 Å². The number of likely N-dealkylation sites (tertiary alicyclic amines) is 1. The zero-order valence-corrected chi connectivity index (χ0v) is 16.9. The van der Waals surface area contributed by atoms with E-state index in [2.05, 4.69) is 27.0 Å². The monoisotopic (exact) mass is 403 g/mol. The van der Waals surface area contributed by atoms with Crippen LogP contribution >= 0.6 is 11.3 Å². The van der Waals surface area contributed by atoms with Gasteiger partial charge < -0.3 is 10.6 Å². The first-order valence-corrected chi connectivity index (χ1v) is 10.6. The molecule has 1 saturated heterocycles. The summed E-state index contributed by atoms with van der Waals surface area (Å²) in [6.45, 7) is 3.99. The number of amides is 2. The molecular formula is C21H26FN3O2S. The molecule has 0 spiro atoms. The number of thiophene rings is 1. The highest BCUT2D eigenvalue weighted by Gasteiger charge is 2.24. The van der Waals surface area contributed by atoms with Gasteiger partial charge in [-0.05, 0) is 72.9 Å². The summed E-state index contributed by atoms with van der Waals surface area (Å²) in [6, 6.07) is 6.48. The summed E-state index contributed by atoms with van der Waals surface area (Å²) in [7, 11) is 0. The molecule has 150 valence electrons. The van der Waals surface area contributed by atoms with E-state index in [-0.39, 0.29) is 11.7 Å². The number of hydrogen-bond acceptors (Lipinski definition) is 4. The molecule has 1 aliphatic heterocycles. The van der Waals surface area contributed by atoms with Crippen LogP contribution in [0.1, 0.15) is 42.9 Å². The van der Waals surface area contributed by atoms with Crippen molar-refractivity contribution >= 4 is 28.8 Å². The summed E-state index contributed by atoms with van der Waals surface area (Å²) < 4.78 is 13.6. The van der Waals surface area contributed by atoms with E-state index in [1.165, 1.54) is 18.9 Å². The van der Waals surface area contributed by atoms with Crippen LogP contribution in [-0.2, 0) is 9.59 Å². The Morgan fingerprint density at radius 1 is 1.14 bits per heavy atom. The Kier molecular flexibility index (Phi) is 7.17. The molecule has 0 radical (unpaired) electrons. The molecule has 0 bridgehead atoms. The molecule has 1 atom stereocenters. The van der Waals surface area contributed by atoms with Gasteiger partial charge in [0.1, 0.15) is 5.82 Å². The van der Waals surface area contributed by atoms with Crippen LogP contribution in [0.4, 0.5) is 10.1 Å².